The molecule has 4 amide bonds. The normalized spacial score (nSPS) is 19.6. The average molecular weight is 603 g/mol. The van der Waals surface area contributed by atoms with E-state index in [2.05, 4.69) is 28.2 Å². The summed E-state index contributed by atoms with van der Waals surface area (Å²) in [6.07, 6.45) is 15.4. The molecule has 2 aromatic carbocycles. The smallest absolute Gasteiger partial charge is 0.247 e. The van der Waals surface area contributed by atoms with Crippen LogP contribution < -0.4 is 21.3 Å². The van der Waals surface area contributed by atoms with E-state index in [-0.39, 0.29) is 23.6 Å². The Bertz CT molecular complexity index is 1300. The number of benzene rings is 2. The lowest BCUT2D eigenvalue weighted by Crippen LogP contribution is -2.55. The van der Waals surface area contributed by atoms with E-state index in [4.69, 9.17) is 0 Å². The molecule has 0 saturated carbocycles. The molecule has 1 heterocycles. The third-order valence-corrected chi connectivity index (χ3v) is 7.91. The number of rotatable bonds is 14. The van der Waals surface area contributed by atoms with Crippen LogP contribution in [-0.4, -0.2) is 48.3 Å². The van der Waals surface area contributed by atoms with Gasteiger partial charge in [0.15, 0.2) is 0 Å². The molecule has 1 aliphatic rings. The number of fused-ring (bicyclic) bond motifs is 1. The summed E-state index contributed by atoms with van der Waals surface area (Å²) in [6, 6.07) is 11.9. The predicted octanol–water partition coefficient (Wildman–Crippen LogP) is 5.27. The number of carbonyl (C=O) groups excluding carboxylic acids is 4. The van der Waals surface area contributed by atoms with Crippen molar-refractivity contribution in [1.82, 2.24) is 21.3 Å². The number of amides is 4. The number of hydrogen-bond acceptors (Lipinski definition) is 4. The van der Waals surface area contributed by atoms with Crippen LogP contribution in [0.5, 0.6) is 0 Å². The number of carbonyl (C=O) groups is 4. The third-order valence-electron chi connectivity index (χ3n) is 7.91. The molecule has 1 aliphatic heterocycles. The maximum atomic E-state index is 13.8. The lowest BCUT2D eigenvalue weighted by molar-refractivity contribution is -0.131. The van der Waals surface area contributed by atoms with Crippen molar-refractivity contribution in [3.8, 4) is 0 Å². The molecule has 3 atom stereocenters. The summed E-state index contributed by atoms with van der Waals surface area (Å²) in [5.74, 6) is -1.16. The number of hydrogen-bond donors (Lipinski definition) is 4. The van der Waals surface area contributed by atoms with Crippen LogP contribution in [0.1, 0.15) is 84.1 Å². The van der Waals surface area contributed by atoms with E-state index in [0.29, 0.717) is 25.8 Å². The molecule has 0 saturated heterocycles. The van der Waals surface area contributed by atoms with Gasteiger partial charge >= 0.3 is 0 Å². The fraction of sp³-hybridized carbons (Fsp3) is 0.500. The van der Waals surface area contributed by atoms with Gasteiger partial charge in [0, 0.05) is 31.5 Å². The van der Waals surface area contributed by atoms with Gasteiger partial charge in [-0.05, 0) is 35.1 Å². The minimum Gasteiger partial charge on any atom is -0.352 e. The average Bonchev–Trinajstić information content (AvgIpc) is 3.00. The molecule has 0 radical (unpaired) electrons. The molecule has 2 aromatic rings. The van der Waals surface area contributed by atoms with Gasteiger partial charge < -0.3 is 21.3 Å². The summed E-state index contributed by atoms with van der Waals surface area (Å²) in [6.45, 7) is 6.50. The topological polar surface area (TPSA) is 116 Å². The monoisotopic (exact) mass is 602 g/mol. The Morgan fingerprint density at radius 3 is 2.41 bits per heavy atom. The summed E-state index contributed by atoms with van der Waals surface area (Å²) >= 11 is 0. The van der Waals surface area contributed by atoms with Crippen molar-refractivity contribution in [2.24, 2.45) is 5.92 Å². The molecule has 44 heavy (non-hydrogen) atoms. The molecule has 0 fully saturated rings. The van der Waals surface area contributed by atoms with Crippen molar-refractivity contribution < 1.29 is 19.2 Å². The Kier molecular flexibility index (Phi) is 14.7. The van der Waals surface area contributed by atoms with Gasteiger partial charge in [-0.15, -0.1) is 0 Å². The van der Waals surface area contributed by atoms with E-state index in [0.717, 1.165) is 35.6 Å². The second-order valence-electron chi connectivity index (χ2n) is 12.0. The van der Waals surface area contributed by atoms with Crippen LogP contribution in [0, 0.1) is 5.92 Å². The highest BCUT2D eigenvalue weighted by Crippen LogP contribution is 2.17. The first-order chi connectivity index (χ1) is 21.3. The van der Waals surface area contributed by atoms with Gasteiger partial charge in [-0.3, -0.25) is 19.2 Å². The van der Waals surface area contributed by atoms with E-state index in [1.54, 1.807) is 18.2 Å². The summed E-state index contributed by atoms with van der Waals surface area (Å²) < 4.78 is 0. The quantitative estimate of drug-likeness (QED) is 0.174. The molecule has 238 valence electrons. The van der Waals surface area contributed by atoms with E-state index in [9.17, 15) is 19.2 Å². The van der Waals surface area contributed by atoms with Gasteiger partial charge in [-0.1, -0.05) is 120 Å². The number of unbranched alkanes of at least 4 members (excludes halogenated alkanes) is 6. The predicted molar refractivity (Wildman–Crippen MR) is 177 cm³/mol. The summed E-state index contributed by atoms with van der Waals surface area (Å²) in [7, 11) is 0. The maximum absolute atomic E-state index is 13.8. The second-order valence-corrected chi connectivity index (χ2v) is 12.0. The lowest BCUT2D eigenvalue weighted by Gasteiger charge is -2.25. The van der Waals surface area contributed by atoms with Crippen molar-refractivity contribution in [3.63, 3.8) is 0 Å². The van der Waals surface area contributed by atoms with Crippen LogP contribution in [0.25, 0.3) is 10.8 Å². The molecule has 0 aliphatic carbocycles. The summed E-state index contributed by atoms with van der Waals surface area (Å²) in [4.78, 5) is 52.2. The van der Waals surface area contributed by atoms with Crippen molar-refractivity contribution in [2.45, 2.75) is 103 Å². The fourth-order valence-electron chi connectivity index (χ4n) is 5.23. The largest absolute Gasteiger partial charge is 0.352 e. The summed E-state index contributed by atoms with van der Waals surface area (Å²) in [5, 5.41) is 13.8. The first-order valence-corrected chi connectivity index (χ1v) is 16.3. The maximum Gasteiger partial charge on any atom is 0.247 e. The van der Waals surface area contributed by atoms with E-state index in [1.807, 2.05) is 56.3 Å². The SMILES string of the molecule is CCCCCCCCCC(=O)N[C@@H](Cc1ccc2ccccc2c1)C(=O)N[C@H]1/C=C/CCNC(=O)/C=C/[C@H](C(C)C)NC1=O. The van der Waals surface area contributed by atoms with Crippen LogP contribution in [0.2, 0.25) is 0 Å². The zero-order valence-electron chi connectivity index (χ0n) is 26.6. The van der Waals surface area contributed by atoms with E-state index in [1.165, 1.54) is 31.8 Å². The standard InChI is InChI=1S/C36H50N4O4/c1-4-5-6-7-8-9-10-18-34(42)38-32(25-27-19-20-28-15-11-12-16-29(28)24-27)36(44)40-31-17-13-14-23-37-33(41)22-21-30(26(2)3)39-35(31)43/h11-13,15-17,19-22,24,26,30-32H,4-10,14,18,23,25H2,1-3H3,(H,37,41)(H,38,42)(H,39,43)(H,40,44)/b17-13+,22-21+/t30-,31+,32+/m1/s1. The van der Waals surface area contributed by atoms with E-state index < -0.39 is 24.0 Å². The van der Waals surface area contributed by atoms with E-state index >= 15 is 0 Å². The minimum absolute atomic E-state index is 0.0258. The molecule has 0 unspecified atom stereocenters. The molecule has 8 heteroatoms. The Hall–Kier alpha value is -3.94. The first kappa shape index (κ1) is 34.5. The van der Waals surface area contributed by atoms with Crippen molar-refractivity contribution in [1.29, 1.82) is 0 Å². The third kappa shape index (κ3) is 12.0. The fourth-order valence-corrected chi connectivity index (χ4v) is 5.23. The Labute approximate surface area is 262 Å². The minimum atomic E-state index is -0.939. The van der Waals surface area contributed by atoms with Gasteiger partial charge in [0.1, 0.15) is 12.1 Å². The molecular formula is C36H50N4O4. The Morgan fingerprint density at radius 2 is 1.66 bits per heavy atom. The molecular weight excluding hydrogens is 552 g/mol. The molecule has 8 nitrogen and oxygen atoms in total. The zero-order chi connectivity index (χ0) is 31.7. The van der Waals surface area contributed by atoms with Crippen molar-refractivity contribution in [2.75, 3.05) is 6.54 Å². The van der Waals surface area contributed by atoms with Crippen LogP contribution in [0.15, 0.2) is 66.8 Å². The Balaban J connectivity index is 1.74. The highest BCUT2D eigenvalue weighted by Gasteiger charge is 2.27. The Morgan fingerprint density at radius 1 is 0.932 bits per heavy atom. The molecule has 3 rings (SSSR count). The van der Waals surface area contributed by atoms with Gasteiger partial charge in [0.2, 0.25) is 23.6 Å². The molecule has 0 bridgehead atoms. The highest BCUT2D eigenvalue weighted by molar-refractivity contribution is 5.94. The highest BCUT2D eigenvalue weighted by atomic mass is 16.2. The summed E-state index contributed by atoms with van der Waals surface area (Å²) in [5.41, 5.74) is 0.916. The van der Waals surface area contributed by atoms with Gasteiger partial charge in [-0.25, -0.2) is 0 Å². The van der Waals surface area contributed by atoms with Crippen LogP contribution >= 0.6 is 0 Å². The molecule has 0 spiro atoms. The van der Waals surface area contributed by atoms with Gasteiger partial charge in [0.25, 0.3) is 0 Å². The zero-order valence-corrected chi connectivity index (χ0v) is 26.6. The number of nitrogens with one attached hydrogen (secondary N) is 4. The molecule has 0 aromatic heterocycles. The van der Waals surface area contributed by atoms with Crippen LogP contribution in [0.4, 0.5) is 0 Å². The van der Waals surface area contributed by atoms with Gasteiger partial charge in [-0.2, -0.15) is 0 Å². The van der Waals surface area contributed by atoms with Gasteiger partial charge in [0.05, 0.1) is 0 Å². The second kappa shape index (κ2) is 18.7. The van der Waals surface area contributed by atoms with Crippen LogP contribution in [0.3, 0.4) is 0 Å². The lowest BCUT2D eigenvalue weighted by atomic mass is 10.00. The van der Waals surface area contributed by atoms with Crippen molar-refractivity contribution in [3.05, 3.63) is 72.3 Å². The first-order valence-electron chi connectivity index (χ1n) is 16.3. The molecule has 4 N–H and O–H groups in total. The van der Waals surface area contributed by atoms with Crippen LogP contribution in [-0.2, 0) is 25.6 Å². The van der Waals surface area contributed by atoms with Crippen molar-refractivity contribution >= 4 is 34.4 Å².